The van der Waals surface area contributed by atoms with Crippen molar-refractivity contribution in [2.24, 2.45) is 0 Å². The van der Waals surface area contributed by atoms with E-state index in [2.05, 4.69) is 72.1 Å². The quantitative estimate of drug-likeness (QED) is 0.758. The van der Waals surface area contributed by atoms with E-state index in [9.17, 15) is 0 Å². The van der Waals surface area contributed by atoms with Gasteiger partial charge in [0.15, 0.2) is 0 Å². The van der Waals surface area contributed by atoms with Crippen molar-refractivity contribution in [2.75, 3.05) is 13.1 Å². The minimum absolute atomic E-state index is 0.918. The molecule has 0 saturated carbocycles. The zero-order valence-corrected chi connectivity index (χ0v) is 10.5. The summed E-state index contributed by atoms with van der Waals surface area (Å²) in [7, 11) is 0. The molecule has 1 N–H and O–H groups in total. The fraction of sp³-hybridized carbons (Fsp3) is 0.176. The van der Waals surface area contributed by atoms with Crippen molar-refractivity contribution in [3.63, 3.8) is 0 Å². The topological polar surface area (TPSA) is 12.0 Å². The van der Waals surface area contributed by atoms with Gasteiger partial charge in [-0.05, 0) is 24.1 Å². The molecule has 0 spiro atoms. The first-order valence-corrected chi connectivity index (χ1v) is 6.41. The van der Waals surface area contributed by atoms with Crippen LogP contribution in [-0.2, 0) is 6.42 Å². The van der Waals surface area contributed by atoms with E-state index in [1.807, 2.05) is 6.07 Å². The van der Waals surface area contributed by atoms with Crippen LogP contribution < -0.4 is 5.32 Å². The predicted octanol–water partition coefficient (Wildman–Crippen LogP) is 3.53. The van der Waals surface area contributed by atoms with Crippen LogP contribution in [0.2, 0.25) is 0 Å². The molecule has 0 radical (unpaired) electrons. The van der Waals surface area contributed by atoms with Gasteiger partial charge >= 0.3 is 0 Å². The van der Waals surface area contributed by atoms with Gasteiger partial charge in [0.25, 0.3) is 0 Å². The summed E-state index contributed by atoms with van der Waals surface area (Å²) in [5, 5.41) is 3.42. The zero-order valence-electron chi connectivity index (χ0n) is 10.5. The van der Waals surface area contributed by atoms with E-state index < -0.39 is 0 Å². The lowest BCUT2D eigenvalue weighted by Gasteiger charge is -2.01. The molecule has 0 aliphatic heterocycles. The zero-order chi connectivity index (χ0) is 12.5. The molecule has 1 nitrogen and oxygen atoms in total. The monoisotopic (exact) mass is 237 g/mol. The fourth-order valence-corrected chi connectivity index (χ4v) is 1.82. The van der Waals surface area contributed by atoms with Crippen LogP contribution in [0.15, 0.2) is 66.7 Å². The average molecular weight is 237 g/mol. The highest BCUT2D eigenvalue weighted by atomic mass is 14.8. The van der Waals surface area contributed by atoms with E-state index in [-0.39, 0.29) is 0 Å². The SMILES string of the molecule is C(=C/c1ccccc1)/CNCCc1ccccc1. The predicted molar refractivity (Wildman–Crippen MR) is 78.5 cm³/mol. The van der Waals surface area contributed by atoms with Crippen LogP contribution in [0.5, 0.6) is 0 Å². The first-order valence-electron chi connectivity index (χ1n) is 6.41. The van der Waals surface area contributed by atoms with Gasteiger partial charge in [0.1, 0.15) is 0 Å². The first kappa shape index (κ1) is 12.6. The Bertz CT molecular complexity index is 459. The third-order valence-corrected chi connectivity index (χ3v) is 2.81. The van der Waals surface area contributed by atoms with E-state index in [0.29, 0.717) is 0 Å². The summed E-state index contributed by atoms with van der Waals surface area (Å²) in [6.07, 6.45) is 5.40. The second kappa shape index (κ2) is 7.46. The maximum Gasteiger partial charge on any atom is 0.0138 e. The smallest absolute Gasteiger partial charge is 0.0138 e. The number of hydrogen-bond donors (Lipinski definition) is 1. The molecule has 0 amide bonds. The summed E-state index contributed by atoms with van der Waals surface area (Å²) in [6.45, 7) is 1.94. The standard InChI is InChI=1S/C17H19N/c1-3-8-16(9-4-1)12-7-14-18-15-13-17-10-5-2-6-11-17/h1-12,18H,13-15H2/b12-7-. The highest BCUT2D eigenvalue weighted by molar-refractivity contribution is 5.48. The molecule has 0 aliphatic carbocycles. The number of nitrogens with one attached hydrogen (secondary N) is 1. The Hall–Kier alpha value is -1.86. The van der Waals surface area contributed by atoms with Gasteiger partial charge in [-0.2, -0.15) is 0 Å². The molecule has 0 aliphatic rings. The third-order valence-electron chi connectivity index (χ3n) is 2.81. The van der Waals surface area contributed by atoms with Crippen molar-refractivity contribution in [1.82, 2.24) is 5.32 Å². The maximum absolute atomic E-state index is 3.42. The molecular weight excluding hydrogens is 218 g/mol. The van der Waals surface area contributed by atoms with Gasteiger partial charge < -0.3 is 5.32 Å². The molecule has 0 atom stereocenters. The van der Waals surface area contributed by atoms with Gasteiger partial charge in [-0.15, -0.1) is 0 Å². The molecule has 0 fully saturated rings. The Morgan fingerprint density at radius 2 is 1.50 bits per heavy atom. The summed E-state index contributed by atoms with van der Waals surface area (Å²) >= 11 is 0. The van der Waals surface area contributed by atoms with Crippen LogP contribution >= 0.6 is 0 Å². The van der Waals surface area contributed by atoms with Crippen molar-refractivity contribution >= 4 is 6.08 Å². The van der Waals surface area contributed by atoms with Gasteiger partial charge in [0.2, 0.25) is 0 Å². The van der Waals surface area contributed by atoms with E-state index in [0.717, 1.165) is 19.5 Å². The largest absolute Gasteiger partial charge is 0.313 e. The Balaban J connectivity index is 1.63. The van der Waals surface area contributed by atoms with Crippen LogP contribution in [0.4, 0.5) is 0 Å². The van der Waals surface area contributed by atoms with Crippen LogP contribution in [0.1, 0.15) is 11.1 Å². The second-order valence-corrected chi connectivity index (χ2v) is 4.25. The van der Waals surface area contributed by atoms with Crippen molar-refractivity contribution in [3.8, 4) is 0 Å². The Labute approximate surface area is 109 Å². The molecule has 92 valence electrons. The van der Waals surface area contributed by atoms with Crippen molar-refractivity contribution in [3.05, 3.63) is 77.9 Å². The van der Waals surface area contributed by atoms with E-state index in [1.54, 1.807) is 0 Å². The van der Waals surface area contributed by atoms with E-state index in [4.69, 9.17) is 0 Å². The number of hydrogen-bond acceptors (Lipinski definition) is 1. The lowest BCUT2D eigenvalue weighted by Crippen LogP contribution is -2.16. The lowest BCUT2D eigenvalue weighted by molar-refractivity contribution is 0.745. The van der Waals surface area contributed by atoms with Gasteiger partial charge in [-0.25, -0.2) is 0 Å². The summed E-state index contributed by atoms with van der Waals surface area (Å²) < 4.78 is 0. The van der Waals surface area contributed by atoms with E-state index >= 15 is 0 Å². The molecule has 0 bridgehead atoms. The van der Waals surface area contributed by atoms with Gasteiger partial charge in [0.05, 0.1) is 0 Å². The van der Waals surface area contributed by atoms with Crippen LogP contribution in [0, 0.1) is 0 Å². The molecule has 0 unspecified atom stereocenters. The van der Waals surface area contributed by atoms with Crippen LogP contribution in [0.3, 0.4) is 0 Å². The molecule has 0 aromatic heterocycles. The third kappa shape index (κ3) is 4.56. The summed E-state index contributed by atoms with van der Waals surface area (Å²) in [6, 6.07) is 20.9. The first-order chi connectivity index (χ1) is 8.95. The minimum Gasteiger partial charge on any atom is -0.313 e. The molecular formula is C17H19N. The lowest BCUT2D eigenvalue weighted by atomic mass is 10.1. The molecule has 0 heterocycles. The van der Waals surface area contributed by atoms with E-state index in [1.165, 1.54) is 11.1 Å². The Morgan fingerprint density at radius 3 is 2.22 bits per heavy atom. The fourth-order valence-electron chi connectivity index (χ4n) is 1.82. The average Bonchev–Trinajstić information content (AvgIpc) is 2.45. The normalized spacial score (nSPS) is 10.9. The van der Waals surface area contributed by atoms with Crippen LogP contribution in [0.25, 0.3) is 6.08 Å². The van der Waals surface area contributed by atoms with Crippen molar-refractivity contribution in [1.29, 1.82) is 0 Å². The highest BCUT2D eigenvalue weighted by Gasteiger charge is 1.89. The Morgan fingerprint density at radius 1 is 0.833 bits per heavy atom. The molecule has 0 saturated heterocycles. The molecule has 2 aromatic carbocycles. The molecule has 2 rings (SSSR count). The van der Waals surface area contributed by atoms with Gasteiger partial charge in [-0.1, -0.05) is 72.8 Å². The van der Waals surface area contributed by atoms with Gasteiger partial charge in [0, 0.05) is 6.54 Å². The minimum atomic E-state index is 0.918. The number of benzene rings is 2. The summed E-state index contributed by atoms with van der Waals surface area (Å²) in [5.74, 6) is 0. The van der Waals surface area contributed by atoms with Crippen molar-refractivity contribution < 1.29 is 0 Å². The highest BCUT2D eigenvalue weighted by Crippen LogP contribution is 2.00. The van der Waals surface area contributed by atoms with Crippen molar-refractivity contribution in [2.45, 2.75) is 6.42 Å². The summed E-state index contributed by atoms with van der Waals surface area (Å²) in [4.78, 5) is 0. The second-order valence-electron chi connectivity index (χ2n) is 4.25. The summed E-state index contributed by atoms with van der Waals surface area (Å²) in [5.41, 5.74) is 2.64. The maximum atomic E-state index is 3.42. The molecule has 1 heteroatoms. The molecule has 2 aromatic rings. The van der Waals surface area contributed by atoms with Gasteiger partial charge in [-0.3, -0.25) is 0 Å². The Kier molecular flexibility index (Phi) is 5.22. The number of rotatable bonds is 6. The van der Waals surface area contributed by atoms with Crippen LogP contribution in [-0.4, -0.2) is 13.1 Å². The molecule has 18 heavy (non-hydrogen) atoms.